The van der Waals surface area contributed by atoms with Crippen LogP contribution in [0, 0.1) is 5.82 Å². The summed E-state index contributed by atoms with van der Waals surface area (Å²) in [4.78, 5) is 30.3. The molecule has 4 N–H and O–H groups in total. The second-order valence-corrected chi connectivity index (χ2v) is 9.18. The Balaban J connectivity index is 0.000000454. The van der Waals surface area contributed by atoms with Crippen LogP contribution in [0.2, 0.25) is 0 Å². The lowest BCUT2D eigenvalue weighted by atomic mass is 10.1. The van der Waals surface area contributed by atoms with E-state index in [9.17, 15) is 22.4 Å². The van der Waals surface area contributed by atoms with Crippen molar-refractivity contribution < 1.29 is 32.3 Å². The molecule has 0 radical (unpaired) electrons. The summed E-state index contributed by atoms with van der Waals surface area (Å²) >= 11 is 0. The molecule has 0 saturated heterocycles. The minimum Gasteiger partial charge on any atom is -0.475 e. The van der Waals surface area contributed by atoms with Crippen LogP contribution < -0.4 is 11.1 Å². The maximum absolute atomic E-state index is 13.3. The highest BCUT2D eigenvalue weighted by molar-refractivity contribution is 6.02. The van der Waals surface area contributed by atoms with E-state index in [4.69, 9.17) is 15.6 Å². The Kier molecular flexibility index (Phi) is 7.16. The number of carboxylic acids is 1. The summed E-state index contributed by atoms with van der Waals surface area (Å²) in [5.41, 5.74) is 6.90. The Bertz CT molecular complexity index is 1260. The molecular formula is C23H24F4N6O3. The number of aliphatic carboxylic acids is 1. The Morgan fingerprint density at radius 1 is 1.11 bits per heavy atom. The molecule has 0 aliphatic heterocycles. The quantitative estimate of drug-likeness (QED) is 0.452. The number of anilines is 1. The molecule has 192 valence electrons. The van der Waals surface area contributed by atoms with Gasteiger partial charge in [-0.25, -0.2) is 23.8 Å². The molecule has 4 rings (SSSR count). The monoisotopic (exact) mass is 508 g/mol. The van der Waals surface area contributed by atoms with E-state index in [0.717, 1.165) is 18.4 Å². The van der Waals surface area contributed by atoms with E-state index in [-0.39, 0.29) is 23.0 Å². The second kappa shape index (κ2) is 9.64. The smallest absolute Gasteiger partial charge is 0.475 e. The molecule has 2 heterocycles. The first-order valence-corrected chi connectivity index (χ1v) is 10.7. The van der Waals surface area contributed by atoms with E-state index >= 15 is 0 Å². The predicted molar refractivity (Wildman–Crippen MR) is 121 cm³/mol. The molecule has 1 saturated carbocycles. The van der Waals surface area contributed by atoms with Gasteiger partial charge in [0.15, 0.2) is 0 Å². The number of carbonyl (C=O) groups is 2. The number of amides is 1. The number of nitrogens with zero attached hydrogens (tertiary/aromatic N) is 4. The summed E-state index contributed by atoms with van der Waals surface area (Å²) < 4.78 is 46.7. The first-order chi connectivity index (χ1) is 16.6. The average molecular weight is 508 g/mol. The first-order valence-electron chi connectivity index (χ1n) is 10.7. The topological polar surface area (TPSA) is 136 Å². The number of halogens is 4. The minimum atomic E-state index is -5.08. The van der Waals surface area contributed by atoms with Crippen LogP contribution in [0.1, 0.15) is 49.9 Å². The summed E-state index contributed by atoms with van der Waals surface area (Å²) in [6.07, 6.45) is -1.90. The highest BCUT2D eigenvalue weighted by atomic mass is 19.4. The van der Waals surface area contributed by atoms with Gasteiger partial charge < -0.3 is 16.2 Å². The number of aromatic nitrogens is 4. The highest BCUT2D eigenvalue weighted by Gasteiger charge is 2.43. The summed E-state index contributed by atoms with van der Waals surface area (Å²) in [6.45, 7) is 5.95. The first kappa shape index (κ1) is 26.7. The molecule has 1 aliphatic carbocycles. The maximum Gasteiger partial charge on any atom is 0.490 e. The molecule has 1 fully saturated rings. The van der Waals surface area contributed by atoms with E-state index in [1.165, 1.54) is 12.1 Å². The van der Waals surface area contributed by atoms with Crippen molar-refractivity contribution in [2.45, 2.75) is 50.9 Å². The van der Waals surface area contributed by atoms with Gasteiger partial charge in [-0.15, -0.1) is 0 Å². The molecule has 1 aromatic carbocycles. The highest BCUT2D eigenvalue weighted by Crippen LogP contribution is 2.40. The molecular weight excluding hydrogens is 484 g/mol. The molecule has 1 amide bonds. The van der Waals surface area contributed by atoms with Gasteiger partial charge in [0.1, 0.15) is 23.2 Å². The van der Waals surface area contributed by atoms with Crippen LogP contribution in [0.15, 0.2) is 42.6 Å². The molecule has 9 nitrogen and oxygen atoms in total. The van der Waals surface area contributed by atoms with Gasteiger partial charge in [-0.1, -0.05) is 0 Å². The molecule has 0 spiro atoms. The third-order valence-electron chi connectivity index (χ3n) is 5.09. The van der Waals surface area contributed by atoms with Crippen molar-refractivity contribution in [2.75, 3.05) is 5.32 Å². The Morgan fingerprint density at radius 2 is 1.69 bits per heavy atom. The predicted octanol–water partition coefficient (Wildman–Crippen LogP) is 4.07. The van der Waals surface area contributed by atoms with Gasteiger partial charge in [-0.05, 0) is 63.9 Å². The van der Waals surface area contributed by atoms with Crippen molar-refractivity contribution in [2.24, 2.45) is 5.73 Å². The van der Waals surface area contributed by atoms with E-state index in [1.807, 2.05) is 20.8 Å². The third-order valence-corrected chi connectivity index (χ3v) is 5.09. The zero-order valence-corrected chi connectivity index (χ0v) is 19.6. The van der Waals surface area contributed by atoms with Crippen molar-refractivity contribution in [3.05, 3.63) is 59.9 Å². The summed E-state index contributed by atoms with van der Waals surface area (Å²) in [5, 5.41) is 14.6. The molecule has 1 aliphatic rings. The zero-order chi connectivity index (χ0) is 26.9. The molecule has 3 aromatic rings. The van der Waals surface area contributed by atoms with Crippen molar-refractivity contribution in [1.29, 1.82) is 0 Å². The van der Waals surface area contributed by atoms with Crippen LogP contribution >= 0.6 is 0 Å². The molecule has 13 heteroatoms. The van der Waals surface area contributed by atoms with E-state index in [2.05, 4.69) is 20.4 Å². The third kappa shape index (κ3) is 6.42. The lowest BCUT2D eigenvalue weighted by molar-refractivity contribution is -0.192. The van der Waals surface area contributed by atoms with Gasteiger partial charge in [0.2, 0.25) is 0 Å². The number of hydrogen-bond donors (Lipinski definition) is 3. The number of hydrogen-bond acceptors (Lipinski definition) is 6. The van der Waals surface area contributed by atoms with E-state index in [0.29, 0.717) is 17.3 Å². The fourth-order valence-corrected chi connectivity index (χ4v) is 3.01. The summed E-state index contributed by atoms with van der Waals surface area (Å²) in [6, 6.07) is 9.40. The van der Waals surface area contributed by atoms with Crippen LogP contribution in [0.4, 0.5) is 23.4 Å². The van der Waals surface area contributed by atoms with Crippen LogP contribution in [-0.4, -0.2) is 42.9 Å². The molecule has 0 atom stereocenters. The molecule has 0 bridgehead atoms. The second-order valence-electron chi connectivity index (χ2n) is 9.18. The standard InChI is InChI=1S/C21H23FN6O.C2HF3O2/c1-20(2,3)28-17(12-16(27-28)13-4-6-14(22)7-5-13)26-18(29)15-8-11-24-19(25-15)21(23)9-10-21;3-2(4,5)1(6)7/h4-8,11-12H,9-10,23H2,1-3H3,(H,26,29);(H,6,7). The van der Waals surface area contributed by atoms with Crippen LogP contribution in [0.25, 0.3) is 11.3 Å². The Hall–Kier alpha value is -3.87. The maximum atomic E-state index is 13.3. The van der Waals surface area contributed by atoms with Gasteiger partial charge in [0.05, 0.1) is 16.8 Å². The number of nitrogens with one attached hydrogen (secondary N) is 1. The van der Waals surface area contributed by atoms with Crippen molar-refractivity contribution in [1.82, 2.24) is 19.7 Å². The SMILES string of the molecule is CC(C)(C)n1nc(-c2ccc(F)cc2)cc1NC(=O)c1ccnc(C2(N)CC2)n1.O=C(O)C(F)(F)F. The number of carbonyl (C=O) groups excluding carboxylic acids is 1. The largest absolute Gasteiger partial charge is 0.490 e. The van der Waals surface area contributed by atoms with Gasteiger partial charge >= 0.3 is 12.1 Å². The van der Waals surface area contributed by atoms with Gasteiger partial charge in [-0.3, -0.25) is 4.79 Å². The normalized spacial score (nSPS) is 14.4. The van der Waals surface area contributed by atoms with E-state index < -0.39 is 17.7 Å². The van der Waals surface area contributed by atoms with E-state index in [1.54, 1.807) is 35.1 Å². The number of nitrogens with two attached hydrogens (primary N) is 1. The zero-order valence-electron chi connectivity index (χ0n) is 19.6. The lowest BCUT2D eigenvalue weighted by Gasteiger charge is -2.22. The van der Waals surface area contributed by atoms with Crippen LogP contribution in [0.5, 0.6) is 0 Å². The number of carboxylic acid groups (broad SMARTS) is 1. The Labute approximate surface area is 203 Å². The van der Waals surface area contributed by atoms with Gasteiger partial charge in [0.25, 0.3) is 5.91 Å². The van der Waals surface area contributed by atoms with Crippen molar-refractivity contribution in [3.8, 4) is 11.3 Å². The Morgan fingerprint density at radius 3 is 2.19 bits per heavy atom. The minimum absolute atomic E-state index is 0.247. The molecule has 0 unspecified atom stereocenters. The van der Waals surface area contributed by atoms with Crippen molar-refractivity contribution >= 4 is 17.7 Å². The molecule has 2 aromatic heterocycles. The number of benzene rings is 1. The van der Waals surface area contributed by atoms with Crippen LogP contribution in [-0.2, 0) is 15.9 Å². The molecule has 36 heavy (non-hydrogen) atoms. The van der Waals surface area contributed by atoms with Gasteiger partial charge in [-0.2, -0.15) is 18.3 Å². The lowest BCUT2D eigenvalue weighted by Crippen LogP contribution is -2.28. The fraction of sp³-hybridized carbons (Fsp3) is 0.348. The number of alkyl halides is 3. The summed E-state index contributed by atoms with van der Waals surface area (Å²) in [5.74, 6) is -2.43. The van der Waals surface area contributed by atoms with Crippen molar-refractivity contribution in [3.63, 3.8) is 0 Å². The van der Waals surface area contributed by atoms with Gasteiger partial charge in [0, 0.05) is 17.8 Å². The average Bonchev–Trinajstić information content (AvgIpc) is 3.39. The fourth-order valence-electron chi connectivity index (χ4n) is 3.01. The van der Waals surface area contributed by atoms with Crippen LogP contribution in [0.3, 0.4) is 0 Å². The number of rotatable bonds is 4. The summed E-state index contributed by atoms with van der Waals surface area (Å²) in [7, 11) is 0.